The van der Waals surface area contributed by atoms with Gasteiger partial charge in [-0.3, -0.25) is 9.69 Å². The van der Waals surface area contributed by atoms with Gasteiger partial charge in [-0.15, -0.1) is 0 Å². The smallest absolute Gasteiger partial charge is 0.226 e. The molecule has 1 aliphatic rings. The van der Waals surface area contributed by atoms with Crippen LogP contribution in [0.2, 0.25) is 0 Å². The SMILES string of the molecule is CCCCCCCCCCCCCCCCOCC[N+](C)(C)CN1CCCCCC1=O. The number of hydrogen-bond donors (Lipinski definition) is 0. The number of likely N-dealkylation sites (N-methyl/N-ethyl adjacent to an activating group) is 1. The zero-order valence-corrected chi connectivity index (χ0v) is 21.5. The lowest BCUT2D eigenvalue weighted by Gasteiger charge is -2.35. The summed E-state index contributed by atoms with van der Waals surface area (Å²) >= 11 is 0. The Morgan fingerprint density at radius 3 is 1.87 bits per heavy atom. The normalized spacial score (nSPS) is 15.5. The van der Waals surface area contributed by atoms with E-state index in [2.05, 4.69) is 25.9 Å². The van der Waals surface area contributed by atoms with Gasteiger partial charge in [0.05, 0.1) is 20.7 Å². The van der Waals surface area contributed by atoms with Gasteiger partial charge in [0, 0.05) is 19.6 Å². The Morgan fingerprint density at radius 1 is 0.742 bits per heavy atom. The van der Waals surface area contributed by atoms with Gasteiger partial charge in [0.1, 0.15) is 6.54 Å². The standard InChI is InChI=1S/C27H55N2O2/c1-4-5-6-7-8-9-10-11-12-13-14-15-16-20-24-31-25-23-29(2,3)26-28-22-19-17-18-21-27(28)30/h4-26H2,1-3H3/q+1. The number of unbranched alkanes of at least 4 members (excludes halogenated alkanes) is 13. The van der Waals surface area contributed by atoms with Gasteiger partial charge in [0.2, 0.25) is 5.91 Å². The van der Waals surface area contributed by atoms with E-state index < -0.39 is 0 Å². The number of hydrogen-bond acceptors (Lipinski definition) is 2. The summed E-state index contributed by atoms with van der Waals surface area (Å²) in [6.07, 6.45) is 23.7. The Hall–Kier alpha value is -0.610. The summed E-state index contributed by atoms with van der Waals surface area (Å²) in [6.45, 7) is 6.70. The molecule has 1 aliphatic heterocycles. The fourth-order valence-electron chi connectivity index (χ4n) is 4.53. The Labute approximate surface area is 194 Å². The van der Waals surface area contributed by atoms with Crippen molar-refractivity contribution >= 4 is 5.91 Å². The Bertz CT molecular complexity index is 425. The highest BCUT2D eigenvalue weighted by atomic mass is 16.5. The maximum atomic E-state index is 12.2. The van der Waals surface area contributed by atoms with Crippen molar-refractivity contribution in [2.24, 2.45) is 0 Å². The molecule has 0 aromatic carbocycles. The first kappa shape index (κ1) is 28.4. The molecule has 0 N–H and O–H groups in total. The lowest BCUT2D eigenvalue weighted by molar-refractivity contribution is -0.899. The third-order valence-electron chi connectivity index (χ3n) is 6.71. The first-order valence-corrected chi connectivity index (χ1v) is 13.7. The quantitative estimate of drug-likeness (QED) is 0.152. The van der Waals surface area contributed by atoms with Crippen LogP contribution >= 0.6 is 0 Å². The highest BCUT2D eigenvalue weighted by Crippen LogP contribution is 2.14. The summed E-state index contributed by atoms with van der Waals surface area (Å²) in [6, 6.07) is 0. The lowest BCUT2D eigenvalue weighted by atomic mass is 10.0. The van der Waals surface area contributed by atoms with Crippen LogP contribution in [0.25, 0.3) is 0 Å². The highest BCUT2D eigenvalue weighted by molar-refractivity contribution is 5.76. The van der Waals surface area contributed by atoms with E-state index in [0.717, 1.165) is 56.7 Å². The minimum atomic E-state index is 0.340. The summed E-state index contributed by atoms with van der Waals surface area (Å²) in [5.74, 6) is 0.340. The zero-order chi connectivity index (χ0) is 22.6. The minimum Gasteiger partial charge on any atom is -0.376 e. The van der Waals surface area contributed by atoms with Crippen molar-refractivity contribution < 1.29 is 14.0 Å². The molecule has 0 aromatic rings. The highest BCUT2D eigenvalue weighted by Gasteiger charge is 2.24. The summed E-state index contributed by atoms with van der Waals surface area (Å²) in [5.41, 5.74) is 0. The van der Waals surface area contributed by atoms with Crippen LogP contribution in [0, 0.1) is 0 Å². The van der Waals surface area contributed by atoms with E-state index in [1.165, 1.54) is 96.3 Å². The molecule has 0 bridgehead atoms. The Morgan fingerprint density at radius 2 is 1.29 bits per heavy atom. The predicted octanol–water partition coefficient (Wildman–Crippen LogP) is 6.92. The number of carbonyl (C=O) groups excluding carboxylic acids is 1. The van der Waals surface area contributed by atoms with Crippen LogP contribution in [0.15, 0.2) is 0 Å². The molecular formula is C27H55N2O2+. The van der Waals surface area contributed by atoms with E-state index in [0.29, 0.717) is 5.91 Å². The number of likely N-dealkylation sites (tertiary alicyclic amines) is 1. The molecule has 0 atom stereocenters. The van der Waals surface area contributed by atoms with Crippen LogP contribution in [-0.2, 0) is 9.53 Å². The maximum Gasteiger partial charge on any atom is 0.226 e. The van der Waals surface area contributed by atoms with Crippen molar-refractivity contribution in [3.05, 3.63) is 0 Å². The molecule has 0 unspecified atom stereocenters. The molecule has 4 heteroatoms. The van der Waals surface area contributed by atoms with E-state index in [4.69, 9.17) is 4.74 Å². The molecule has 31 heavy (non-hydrogen) atoms. The Balaban J connectivity index is 1.86. The molecule has 1 amide bonds. The number of ether oxygens (including phenoxy) is 1. The molecule has 1 saturated heterocycles. The average molecular weight is 440 g/mol. The molecule has 4 nitrogen and oxygen atoms in total. The number of carbonyl (C=O) groups is 1. The lowest BCUT2D eigenvalue weighted by Crippen LogP contribution is -2.51. The van der Waals surface area contributed by atoms with Gasteiger partial charge in [0.25, 0.3) is 0 Å². The van der Waals surface area contributed by atoms with Crippen molar-refractivity contribution in [2.45, 2.75) is 122 Å². The van der Waals surface area contributed by atoms with Gasteiger partial charge in [-0.05, 0) is 19.3 Å². The van der Waals surface area contributed by atoms with Crippen molar-refractivity contribution in [2.75, 3.05) is 47.1 Å². The molecule has 0 aliphatic carbocycles. The van der Waals surface area contributed by atoms with E-state index >= 15 is 0 Å². The largest absolute Gasteiger partial charge is 0.376 e. The van der Waals surface area contributed by atoms with Crippen LogP contribution in [0.4, 0.5) is 0 Å². The number of amides is 1. The number of nitrogens with zero attached hydrogens (tertiary/aromatic N) is 2. The first-order valence-electron chi connectivity index (χ1n) is 13.7. The molecule has 0 aromatic heterocycles. The van der Waals surface area contributed by atoms with Crippen LogP contribution in [0.1, 0.15) is 122 Å². The second kappa shape index (κ2) is 18.9. The van der Waals surface area contributed by atoms with Crippen LogP contribution < -0.4 is 0 Å². The van der Waals surface area contributed by atoms with Crippen LogP contribution in [0.3, 0.4) is 0 Å². The molecular weight excluding hydrogens is 384 g/mol. The fraction of sp³-hybridized carbons (Fsp3) is 0.963. The van der Waals surface area contributed by atoms with E-state index in [-0.39, 0.29) is 0 Å². The second-order valence-electron chi connectivity index (χ2n) is 10.5. The van der Waals surface area contributed by atoms with Crippen molar-refractivity contribution in [1.29, 1.82) is 0 Å². The average Bonchev–Trinajstić information content (AvgIpc) is 2.94. The number of quaternary nitrogens is 1. The van der Waals surface area contributed by atoms with E-state index in [9.17, 15) is 4.79 Å². The number of rotatable bonds is 20. The summed E-state index contributed by atoms with van der Waals surface area (Å²) in [7, 11) is 4.43. The van der Waals surface area contributed by atoms with E-state index in [1.54, 1.807) is 0 Å². The summed E-state index contributed by atoms with van der Waals surface area (Å²) in [5, 5.41) is 0. The molecule has 0 saturated carbocycles. The van der Waals surface area contributed by atoms with Gasteiger partial charge in [-0.2, -0.15) is 0 Å². The van der Waals surface area contributed by atoms with Crippen molar-refractivity contribution in [3.8, 4) is 0 Å². The molecule has 1 fully saturated rings. The maximum absolute atomic E-state index is 12.2. The minimum absolute atomic E-state index is 0.340. The fourth-order valence-corrected chi connectivity index (χ4v) is 4.53. The molecule has 184 valence electrons. The molecule has 1 rings (SSSR count). The molecule has 0 spiro atoms. The molecule has 1 heterocycles. The predicted molar refractivity (Wildman–Crippen MR) is 133 cm³/mol. The summed E-state index contributed by atoms with van der Waals surface area (Å²) < 4.78 is 6.74. The van der Waals surface area contributed by atoms with Crippen molar-refractivity contribution in [1.82, 2.24) is 4.90 Å². The van der Waals surface area contributed by atoms with Gasteiger partial charge in [-0.1, -0.05) is 96.8 Å². The van der Waals surface area contributed by atoms with Crippen LogP contribution in [0.5, 0.6) is 0 Å². The van der Waals surface area contributed by atoms with Gasteiger partial charge >= 0.3 is 0 Å². The third-order valence-corrected chi connectivity index (χ3v) is 6.71. The Kier molecular flexibility index (Phi) is 17.3. The summed E-state index contributed by atoms with van der Waals surface area (Å²) in [4.78, 5) is 14.3. The second-order valence-corrected chi connectivity index (χ2v) is 10.5. The third kappa shape index (κ3) is 16.7. The van der Waals surface area contributed by atoms with Gasteiger partial charge in [0.15, 0.2) is 6.67 Å². The zero-order valence-electron chi connectivity index (χ0n) is 21.5. The first-order chi connectivity index (χ1) is 15.0. The van der Waals surface area contributed by atoms with Gasteiger partial charge in [-0.25, -0.2) is 0 Å². The van der Waals surface area contributed by atoms with E-state index in [1.807, 2.05) is 0 Å². The van der Waals surface area contributed by atoms with Crippen LogP contribution in [-0.4, -0.2) is 62.4 Å². The van der Waals surface area contributed by atoms with Gasteiger partial charge < -0.3 is 9.22 Å². The van der Waals surface area contributed by atoms with Crippen molar-refractivity contribution in [3.63, 3.8) is 0 Å². The molecule has 0 radical (unpaired) electrons. The monoisotopic (exact) mass is 439 g/mol. The topological polar surface area (TPSA) is 29.5 Å².